The molecule has 0 spiro atoms. The van der Waals surface area contributed by atoms with Crippen molar-refractivity contribution in [3.05, 3.63) is 47.1 Å². The monoisotopic (exact) mass is 367 g/mol. The number of aromatic nitrogens is 3. The van der Waals surface area contributed by atoms with E-state index in [9.17, 15) is 4.79 Å². The molecule has 7 nitrogen and oxygen atoms in total. The molecule has 1 aromatic carbocycles. The fourth-order valence-corrected chi connectivity index (χ4v) is 4.24. The van der Waals surface area contributed by atoms with Crippen LogP contribution in [-0.4, -0.2) is 22.9 Å². The highest BCUT2D eigenvalue weighted by Gasteiger charge is 2.20. The number of hydrogen-bond acceptors (Lipinski definition) is 6. The zero-order chi connectivity index (χ0) is 17.7. The van der Waals surface area contributed by atoms with Crippen molar-refractivity contribution in [3.63, 3.8) is 0 Å². The lowest BCUT2D eigenvalue weighted by molar-refractivity contribution is -0.341. The Bertz CT molecular complexity index is 1210. The van der Waals surface area contributed by atoms with Crippen LogP contribution in [0.3, 0.4) is 0 Å². The Labute approximate surface area is 151 Å². The van der Waals surface area contributed by atoms with Gasteiger partial charge in [-0.2, -0.15) is 0 Å². The molecule has 0 radical (unpaired) electrons. The molecule has 1 aliphatic rings. The van der Waals surface area contributed by atoms with Gasteiger partial charge in [0.1, 0.15) is 21.9 Å². The largest absolute Gasteiger partial charge is 0.454 e. The van der Waals surface area contributed by atoms with Crippen LogP contribution >= 0.6 is 11.3 Å². The van der Waals surface area contributed by atoms with Gasteiger partial charge in [0.25, 0.3) is 10.4 Å². The van der Waals surface area contributed by atoms with E-state index >= 15 is 0 Å². The van der Waals surface area contributed by atoms with Crippen molar-refractivity contribution in [1.82, 2.24) is 9.55 Å². The summed E-state index contributed by atoms with van der Waals surface area (Å²) in [6.07, 6.45) is 3.43. The predicted octanol–water partition coefficient (Wildman–Crippen LogP) is 2.58. The molecule has 0 saturated heterocycles. The van der Waals surface area contributed by atoms with Gasteiger partial charge in [0.15, 0.2) is 17.7 Å². The summed E-state index contributed by atoms with van der Waals surface area (Å²) in [7, 11) is 0. The summed E-state index contributed by atoms with van der Waals surface area (Å²) in [5.74, 6) is 1.32. The molecule has 0 saturated carbocycles. The van der Waals surface area contributed by atoms with Crippen LogP contribution in [0.2, 0.25) is 0 Å². The van der Waals surface area contributed by atoms with Gasteiger partial charge in [-0.25, -0.2) is 9.97 Å². The van der Waals surface area contributed by atoms with Crippen molar-refractivity contribution < 1.29 is 14.5 Å². The number of rotatable bonds is 3. The van der Waals surface area contributed by atoms with Gasteiger partial charge < -0.3 is 14.8 Å². The molecule has 2 N–H and O–H groups in total. The molecule has 0 aliphatic carbocycles. The third-order valence-corrected chi connectivity index (χ3v) is 5.43. The number of H-pyrrole nitrogens is 1. The lowest BCUT2D eigenvalue weighted by Crippen LogP contribution is -2.17. The van der Waals surface area contributed by atoms with Crippen molar-refractivity contribution in [2.24, 2.45) is 0 Å². The average Bonchev–Trinajstić information content (AvgIpc) is 3.27. The molecule has 5 rings (SSSR count). The molecule has 130 valence electrons. The summed E-state index contributed by atoms with van der Waals surface area (Å²) in [6, 6.07) is 7.38. The first-order valence-electron chi connectivity index (χ1n) is 8.24. The van der Waals surface area contributed by atoms with Gasteiger partial charge in [0, 0.05) is 18.7 Å². The lowest BCUT2D eigenvalue weighted by atomic mass is 10.2. The highest BCUT2D eigenvalue weighted by atomic mass is 32.1. The van der Waals surface area contributed by atoms with Crippen LogP contribution < -0.4 is 25.3 Å². The molecule has 0 atom stereocenters. The predicted molar refractivity (Wildman–Crippen MR) is 99.6 cm³/mol. The zero-order valence-electron chi connectivity index (χ0n) is 13.9. The number of aromatic amines is 1. The van der Waals surface area contributed by atoms with Crippen LogP contribution in [0.5, 0.6) is 11.5 Å². The van der Waals surface area contributed by atoms with Gasteiger partial charge >= 0.3 is 0 Å². The summed E-state index contributed by atoms with van der Waals surface area (Å²) in [6.45, 7) is 3.03. The van der Waals surface area contributed by atoms with Crippen molar-refractivity contribution in [2.45, 2.75) is 6.92 Å². The Morgan fingerprint density at radius 1 is 1.31 bits per heavy atom. The summed E-state index contributed by atoms with van der Waals surface area (Å²) >= 11 is 1.42. The molecule has 4 heterocycles. The van der Waals surface area contributed by atoms with Crippen molar-refractivity contribution in [1.29, 1.82) is 0 Å². The second kappa shape index (κ2) is 5.70. The first-order chi connectivity index (χ1) is 12.8. The number of ether oxygens (including phenoxy) is 2. The molecule has 3 aromatic heterocycles. The van der Waals surface area contributed by atoms with E-state index in [1.165, 1.54) is 15.9 Å². The van der Waals surface area contributed by atoms with E-state index in [0.717, 1.165) is 22.4 Å². The number of anilines is 1. The maximum absolute atomic E-state index is 13.1. The molecule has 1 aliphatic heterocycles. The second-order valence-corrected chi connectivity index (χ2v) is 6.88. The smallest absolute Gasteiger partial charge is 0.276 e. The van der Waals surface area contributed by atoms with Crippen LogP contribution in [0.15, 0.2) is 41.6 Å². The Morgan fingerprint density at radius 2 is 2.19 bits per heavy atom. The Kier molecular flexibility index (Phi) is 3.32. The van der Waals surface area contributed by atoms with Crippen LogP contribution in [0.25, 0.3) is 26.1 Å². The highest BCUT2D eigenvalue weighted by Crippen LogP contribution is 2.35. The van der Waals surface area contributed by atoms with Crippen LogP contribution in [0, 0.1) is 0 Å². The maximum atomic E-state index is 13.1. The summed E-state index contributed by atoms with van der Waals surface area (Å²) < 4.78 is 12.9. The van der Waals surface area contributed by atoms with Crippen molar-refractivity contribution in [3.8, 4) is 17.2 Å². The normalized spacial score (nSPS) is 12.8. The third kappa shape index (κ3) is 2.15. The van der Waals surface area contributed by atoms with Crippen molar-refractivity contribution in [2.75, 3.05) is 18.7 Å². The van der Waals surface area contributed by atoms with E-state index < -0.39 is 0 Å². The van der Waals surface area contributed by atoms with E-state index in [2.05, 4.69) is 15.3 Å². The Balaban J connectivity index is 1.74. The number of nitrogens with zero attached hydrogens (tertiary/aromatic N) is 2. The van der Waals surface area contributed by atoms with Crippen LogP contribution in [0.4, 0.5) is 5.69 Å². The number of benzene rings is 1. The zero-order valence-corrected chi connectivity index (χ0v) is 14.7. The molecule has 0 fully saturated rings. The quantitative estimate of drug-likeness (QED) is 0.602. The molecule has 0 unspecified atom stereocenters. The Hall–Kier alpha value is -3.13. The summed E-state index contributed by atoms with van der Waals surface area (Å²) in [5.41, 5.74) is 2.27. The Morgan fingerprint density at radius 3 is 3.08 bits per heavy atom. The average molecular weight is 367 g/mol. The van der Waals surface area contributed by atoms with E-state index in [1.807, 2.05) is 25.3 Å². The summed E-state index contributed by atoms with van der Waals surface area (Å²) in [4.78, 5) is 21.8. The van der Waals surface area contributed by atoms with E-state index in [0.29, 0.717) is 27.4 Å². The first-order valence-corrected chi connectivity index (χ1v) is 9.06. The lowest BCUT2D eigenvalue weighted by Gasteiger charge is -2.06. The minimum Gasteiger partial charge on any atom is -0.454 e. The van der Waals surface area contributed by atoms with E-state index in [4.69, 9.17) is 9.47 Å². The fraction of sp³-hybridized carbons (Fsp3) is 0.167. The van der Waals surface area contributed by atoms with E-state index in [1.54, 1.807) is 18.5 Å². The second-order valence-electron chi connectivity index (χ2n) is 5.86. The standard InChI is InChI=1S/C18H14N4O3S/c1-2-19-11-5-6-20-17-14(11)15-16(26-17)18(23)22(8-21-15)10-3-4-12-13(7-10)25-9-24-12/h3-8H,2,9H2,1H3,(H,19,20)/p+1. The number of pyridine rings is 1. The minimum atomic E-state index is -0.106. The molecule has 4 aromatic rings. The van der Waals surface area contributed by atoms with Gasteiger partial charge in [-0.05, 0) is 19.1 Å². The van der Waals surface area contributed by atoms with Crippen LogP contribution in [0.1, 0.15) is 6.92 Å². The fourth-order valence-electron chi connectivity index (χ4n) is 3.16. The topological polar surface area (TPSA) is 79.5 Å². The van der Waals surface area contributed by atoms with E-state index in [-0.39, 0.29) is 12.4 Å². The van der Waals surface area contributed by atoms with Gasteiger partial charge in [-0.1, -0.05) is 11.3 Å². The SMILES string of the molecule is CCNc1cc[nH+]c2sc3c(=O)n(-c4ccc5c(c4)OCO5)cnc3c12. The highest BCUT2D eigenvalue weighted by molar-refractivity contribution is 7.25. The first kappa shape index (κ1) is 15.2. The molecule has 8 heteroatoms. The van der Waals surface area contributed by atoms with Crippen LogP contribution in [-0.2, 0) is 0 Å². The minimum absolute atomic E-state index is 0.106. The van der Waals surface area contributed by atoms with Gasteiger partial charge in [0.05, 0.1) is 11.4 Å². The maximum Gasteiger partial charge on any atom is 0.276 e. The number of hydrogen-bond donors (Lipinski definition) is 1. The van der Waals surface area contributed by atoms with Crippen molar-refractivity contribution >= 4 is 37.5 Å². The third-order valence-electron chi connectivity index (χ3n) is 4.33. The van der Waals surface area contributed by atoms with Gasteiger partial charge in [-0.3, -0.25) is 9.36 Å². The number of thiophene rings is 1. The van der Waals surface area contributed by atoms with Gasteiger partial charge in [0.2, 0.25) is 6.79 Å². The molecule has 0 amide bonds. The number of fused-ring (bicyclic) bond motifs is 4. The molecular formula is C18H15N4O3S+. The number of nitrogens with one attached hydrogen (secondary N) is 2. The van der Waals surface area contributed by atoms with Gasteiger partial charge in [-0.15, -0.1) is 0 Å². The molecule has 0 bridgehead atoms. The molecular weight excluding hydrogens is 352 g/mol. The molecule has 26 heavy (non-hydrogen) atoms. The summed E-state index contributed by atoms with van der Waals surface area (Å²) in [5, 5.41) is 4.28.